The van der Waals surface area contributed by atoms with Crippen molar-refractivity contribution in [2.75, 3.05) is 13.1 Å². The van der Waals surface area contributed by atoms with Gasteiger partial charge in [0.15, 0.2) is 0 Å². The van der Waals surface area contributed by atoms with Crippen molar-refractivity contribution in [1.29, 1.82) is 0 Å². The van der Waals surface area contributed by atoms with Crippen molar-refractivity contribution < 1.29 is 0 Å². The molecule has 1 N–H and O–H groups in total. The Bertz CT molecular complexity index is 437. The lowest BCUT2D eigenvalue weighted by molar-refractivity contribution is 0.0824. The molecule has 1 spiro atoms. The molecule has 2 fully saturated rings. The van der Waals surface area contributed by atoms with Gasteiger partial charge in [-0.2, -0.15) is 0 Å². The molecule has 0 radical (unpaired) electrons. The topological polar surface area (TPSA) is 28.2 Å². The molecule has 19 heavy (non-hydrogen) atoms. The van der Waals surface area contributed by atoms with Crippen LogP contribution in [-0.2, 0) is 6.54 Å². The summed E-state index contributed by atoms with van der Waals surface area (Å²) >= 11 is 0. The molecule has 1 unspecified atom stereocenters. The lowest BCUT2D eigenvalue weighted by Crippen LogP contribution is -2.62. The average Bonchev–Trinajstić information content (AvgIpc) is 2.85. The van der Waals surface area contributed by atoms with Gasteiger partial charge in [-0.25, -0.2) is 0 Å². The van der Waals surface area contributed by atoms with Crippen LogP contribution in [0.1, 0.15) is 43.7 Å². The minimum atomic E-state index is 0.405. The van der Waals surface area contributed by atoms with Crippen molar-refractivity contribution in [2.24, 2.45) is 0 Å². The van der Waals surface area contributed by atoms with Gasteiger partial charge in [0.25, 0.3) is 0 Å². The van der Waals surface area contributed by atoms with Gasteiger partial charge in [-0.3, -0.25) is 9.88 Å². The molecule has 1 aromatic heterocycles. The van der Waals surface area contributed by atoms with Gasteiger partial charge in [-0.05, 0) is 43.9 Å². The van der Waals surface area contributed by atoms with E-state index in [1.54, 1.807) is 0 Å². The van der Waals surface area contributed by atoms with Crippen molar-refractivity contribution in [3.8, 4) is 0 Å². The maximum Gasteiger partial charge on any atom is 0.0315 e. The van der Waals surface area contributed by atoms with Crippen LogP contribution in [0.25, 0.3) is 0 Å². The maximum absolute atomic E-state index is 4.28. The van der Waals surface area contributed by atoms with Crippen molar-refractivity contribution in [2.45, 2.75) is 57.7 Å². The van der Waals surface area contributed by atoms with Crippen LogP contribution in [-0.4, -0.2) is 34.6 Å². The molecule has 1 atom stereocenters. The first-order valence-electron chi connectivity index (χ1n) is 7.57. The van der Waals surface area contributed by atoms with Crippen molar-refractivity contribution in [1.82, 2.24) is 15.2 Å². The van der Waals surface area contributed by atoms with E-state index in [1.807, 2.05) is 12.4 Å². The summed E-state index contributed by atoms with van der Waals surface area (Å²) in [5.41, 5.74) is 3.15. The van der Waals surface area contributed by atoms with E-state index in [-0.39, 0.29) is 0 Å². The molecular formula is C16H25N3. The average molecular weight is 259 g/mol. The van der Waals surface area contributed by atoms with Crippen LogP contribution in [0.2, 0.25) is 0 Å². The standard InChI is InChI=1S/C16H25N3/c1-13-5-8-17-10-15(13)11-19-12-16(6-3-4-7-16)18-9-14(19)2/h5,8,10,14,18H,3-4,6-7,9,11-12H2,1-2H3. The van der Waals surface area contributed by atoms with Crippen LogP contribution in [0.4, 0.5) is 0 Å². The molecule has 104 valence electrons. The molecule has 1 saturated carbocycles. The monoisotopic (exact) mass is 259 g/mol. The van der Waals surface area contributed by atoms with Crippen molar-refractivity contribution in [3.05, 3.63) is 29.6 Å². The highest BCUT2D eigenvalue weighted by Gasteiger charge is 2.39. The third kappa shape index (κ3) is 2.67. The van der Waals surface area contributed by atoms with Crippen LogP contribution in [0.3, 0.4) is 0 Å². The Labute approximate surface area is 116 Å². The zero-order valence-electron chi connectivity index (χ0n) is 12.2. The number of nitrogens with one attached hydrogen (secondary N) is 1. The Morgan fingerprint density at radius 3 is 2.95 bits per heavy atom. The third-order valence-electron chi connectivity index (χ3n) is 4.98. The third-order valence-corrected chi connectivity index (χ3v) is 4.98. The van der Waals surface area contributed by atoms with E-state index in [4.69, 9.17) is 0 Å². The van der Waals surface area contributed by atoms with Crippen LogP contribution < -0.4 is 5.32 Å². The first-order valence-corrected chi connectivity index (χ1v) is 7.57. The van der Waals surface area contributed by atoms with Crippen LogP contribution in [0.5, 0.6) is 0 Å². The van der Waals surface area contributed by atoms with E-state index in [0.717, 1.165) is 13.1 Å². The van der Waals surface area contributed by atoms with Crippen LogP contribution in [0.15, 0.2) is 18.5 Å². The summed E-state index contributed by atoms with van der Waals surface area (Å²) in [6.07, 6.45) is 9.40. The summed E-state index contributed by atoms with van der Waals surface area (Å²) in [4.78, 5) is 6.93. The van der Waals surface area contributed by atoms with Crippen molar-refractivity contribution >= 4 is 0 Å². The molecule has 1 aliphatic heterocycles. The largest absolute Gasteiger partial charge is 0.308 e. The molecule has 3 heteroatoms. The van der Waals surface area contributed by atoms with Gasteiger partial charge in [0.1, 0.15) is 0 Å². The van der Waals surface area contributed by atoms with Crippen LogP contribution >= 0.6 is 0 Å². The molecule has 0 amide bonds. The number of piperazine rings is 1. The second-order valence-corrected chi connectivity index (χ2v) is 6.42. The van der Waals surface area contributed by atoms with Gasteiger partial charge in [0.2, 0.25) is 0 Å². The smallest absolute Gasteiger partial charge is 0.0315 e. The second-order valence-electron chi connectivity index (χ2n) is 6.42. The number of hydrogen-bond donors (Lipinski definition) is 1. The molecule has 2 aliphatic rings. The summed E-state index contributed by atoms with van der Waals surface area (Å²) in [5, 5.41) is 3.82. The fraction of sp³-hybridized carbons (Fsp3) is 0.688. The number of nitrogens with zero attached hydrogens (tertiary/aromatic N) is 2. The van der Waals surface area contributed by atoms with Gasteiger partial charge in [-0.15, -0.1) is 0 Å². The Kier molecular flexibility index (Phi) is 3.59. The number of aryl methyl sites for hydroxylation is 1. The van der Waals surface area contributed by atoms with Gasteiger partial charge in [-0.1, -0.05) is 12.8 Å². The predicted octanol–water partition coefficient (Wildman–Crippen LogP) is 2.50. The first kappa shape index (κ1) is 13.1. The minimum absolute atomic E-state index is 0.405. The Hall–Kier alpha value is -0.930. The molecule has 1 aromatic rings. The lowest BCUT2D eigenvalue weighted by atomic mass is 9.92. The fourth-order valence-corrected chi connectivity index (χ4v) is 3.57. The first-order chi connectivity index (χ1) is 9.19. The summed E-state index contributed by atoms with van der Waals surface area (Å²) < 4.78 is 0. The van der Waals surface area contributed by atoms with E-state index in [0.29, 0.717) is 11.6 Å². The summed E-state index contributed by atoms with van der Waals surface area (Å²) in [6, 6.07) is 2.74. The summed E-state index contributed by atoms with van der Waals surface area (Å²) in [6.45, 7) is 7.89. The normalized spacial score (nSPS) is 26.9. The number of aromatic nitrogens is 1. The molecular weight excluding hydrogens is 234 g/mol. The van der Waals surface area contributed by atoms with Gasteiger partial charge < -0.3 is 5.32 Å². The molecule has 0 bridgehead atoms. The molecule has 1 aliphatic carbocycles. The number of rotatable bonds is 2. The van der Waals surface area contributed by atoms with E-state index in [2.05, 4.69) is 35.1 Å². The lowest BCUT2D eigenvalue weighted by Gasteiger charge is -2.45. The van der Waals surface area contributed by atoms with Gasteiger partial charge in [0, 0.05) is 43.6 Å². The van der Waals surface area contributed by atoms with Gasteiger partial charge in [0.05, 0.1) is 0 Å². The highest BCUT2D eigenvalue weighted by molar-refractivity contribution is 5.21. The Morgan fingerprint density at radius 2 is 2.21 bits per heavy atom. The molecule has 0 aromatic carbocycles. The number of hydrogen-bond acceptors (Lipinski definition) is 3. The fourth-order valence-electron chi connectivity index (χ4n) is 3.57. The van der Waals surface area contributed by atoms with Crippen LogP contribution in [0, 0.1) is 6.92 Å². The molecule has 3 nitrogen and oxygen atoms in total. The molecule has 1 saturated heterocycles. The van der Waals surface area contributed by atoms with E-state index >= 15 is 0 Å². The quantitative estimate of drug-likeness (QED) is 0.884. The predicted molar refractivity (Wildman–Crippen MR) is 78.0 cm³/mol. The summed E-state index contributed by atoms with van der Waals surface area (Å²) in [5.74, 6) is 0. The van der Waals surface area contributed by atoms with Crippen molar-refractivity contribution in [3.63, 3.8) is 0 Å². The number of pyridine rings is 1. The maximum atomic E-state index is 4.28. The van der Waals surface area contributed by atoms with E-state index in [9.17, 15) is 0 Å². The zero-order chi connectivity index (χ0) is 13.3. The minimum Gasteiger partial charge on any atom is -0.308 e. The SMILES string of the molecule is Cc1ccncc1CN1CC2(CCCC2)NCC1C. The highest BCUT2D eigenvalue weighted by atomic mass is 15.2. The Balaban J connectivity index is 1.73. The molecule has 2 heterocycles. The Morgan fingerprint density at radius 1 is 1.42 bits per heavy atom. The van der Waals surface area contributed by atoms with Gasteiger partial charge >= 0.3 is 0 Å². The molecule has 3 rings (SSSR count). The van der Waals surface area contributed by atoms with E-state index in [1.165, 1.54) is 43.4 Å². The highest BCUT2D eigenvalue weighted by Crippen LogP contribution is 2.33. The van der Waals surface area contributed by atoms with E-state index < -0.39 is 0 Å². The summed E-state index contributed by atoms with van der Waals surface area (Å²) in [7, 11) is 0. The second kappa shape index (κ2) is 5.22. The zero-order valence-corrected chi connectivity index (χ0v) is 12.2.